The topological polar surface area (TPSA) is 179 Å². The van der Waals surface area contributed by atoms with Crippen molar-refractivity contribution < 1.29 is 27.6 Å². The van der Waals surface area contributed by atoms with E-state index in [0.29, 0.717) is 19.8 Å². The molecular formula is C44H49ClN6O7S. The third kappa shape index (κ3) is 10.5. The van der Waals surface area contributed by atoms with Crippen LogP contribution < -0.4 is 20.5 Å². The summed E-state index contributed by atoms with van der Waals surface area (Å²) < 4.78 is 40.8. The minimum atomic E-state index is -4.55. The number of hydrogen-bond donors (Lipinski definition) is 3. The van der Waals surface area contributed by atoms with Crippen molar-refractivity contribution in [2.45, 2.75) is 57.3 Å². The Labute approximate surface area is 349 Å². The lowest BCUT2D eigenvalue weighted by molar-refractivity contribution is -0.384. The maximum absolute atomic E-state index is 13.8. The Balaban J connectivity index is 1.10. The maximum atomic E-state index is 13.8. The zero-order chi connectivity index (χ0) is 41.7. The van der Waals surface area contributed by atoms with E-state index in [2.05, 4.69) is 52.0 Å². The van der Waals surface area contributed by atoms with Gasteiger partial charge in [-0.2, -0.15) is 0 Å². The Hall–Kier alpha value is -5.28. The molecule has 4 aromatic rings. The minimum Gasteiger partial charge on any atom is -0.455 e. The number of nitrogen functional groups attached to an aromatic ring is 1. The predicted octanol–water partition coefficient (Wildman–Crippen LogP) is 8.73. The molecule has 1 amide bonds. The largest absolute Gasteiger partial charge is 0.455 e. The second-order valence-corrected chi connectivity index (χ2v) is 18.3. The van der Waals surface area contributed by atoms with Crippen LogP contribution in [-0.2, 0) is 14.8 Å². The molecule has 0 atom stereocenters. The van der Waals surface area contributed by atoms with Crippen molar-refractivity contribution in [1.29, 1.82) is 0 Å². The number of rotatable bonds is 13. The Bertz CT molecular complexity index is 2380. The molecule has 0 unspecified atom stereocenters. The molecule has 1 saturated heterocycles. The molecule has 15 heteroatoms. The lowest BCUT2D eigenvalue weighted by Crippen LogP contribution is -2.32. The summed E-state index contributed by atoms with van der Waals surface area (Å²) in [5, 5.41) is 15.8. The smallest absolute Gasteiger partial charge is 0.293 e. The van der Waals surface area contributed by atoms with Gasteiger partial charge in [0.05, 0.1) is 21.6 Å². The van der Waals surface area contributed by atoms with Crippen LogP contribution in [0.15, 0.2) is 95.5 Å². The molecule has 0 spiro atoms. The number of nitrogens with one attached hydrogen (secondary N) is 2. The summed E-state index contributed by atoms with van der Waals surface area (Å²) in [7, 11) is -4.55. The first-order chi connectivity index (χ1) is 28.2. The predicted molar refractivity (Wildman–Crippen MR) is 230 cm³/mol. The summed E-state index contributed by atoms with van der Waals surface area (Å²) in [6, 6.07) is 19.8. The molecular weight excluding hydrogens is 792 g/mol. The molecule has 1 fully saturated rings. The molecule has 59 heavy (non-hydrogen) atoms. The highest BCUT2D eigenvalue weighted by atomic mass is 35.5. The fourth-order valence-electron chi connectivity index (χ4n) is 7.84. The molecule has 4 N–H and O–H groups in total. The number of nitro benzene ring substituents is 1. The van der Waals surface area contributed by atoms with Crippen molar-refractivity contribution in [3.05, 3.63) is 122 Å². The van der Waals surface area contributed by atoms with Gasteiger partial charge in [-0.25, -0.2) is 18.1 Å². The number of aromatic nitrogens is 1. The van der Waals surface area contributed by atoms with Crippen LogP contribution in [0.3, 0.4) is 0 Å². The average Bonchev–Trinajstić information content (AvgIpc) is 3.22. The summed E-state index contributed by atoms with van der Waals surface area (Å²) in [5.74, 6) is -0.0280. The summed E-state index contributed by atoms with van der Waals surface area (Å²) in [6.07, 6.45) is 9.15. The number of amides is 1. The fourth-order valence-corrected chi connectivity index (χ4v) is 8.96. The van der Waals surface area contributed by atoms with Gasteiger partial charge in [-0.3, -0.25) is 19.8 Å². The van der Waals surface area contributed by atoms with E-state index in [1.54, 1.807) is 24.3 Å². The first kappa shape index (κ1) is 41.9. The Morgan fingerprint density at radius 2 is 1.81 bits per heavy atom. The number of sulfonamides is 1. The minimum absolute atomic E-state index is 0.0571. The second kappa shape index (κ2) is 17.9. The van der Waals surface area contributed by atoms with Crippen LogP contribution in [0.4, 0.5) is 17.2 Å². The number of pyridine rings is 1. The molecule has 13 nitrogen and oxygen atoms in total. The Morgan fingerprint density at radius 1 is 1.05 bits per heavy atom. The molecule has 1 aromatic heterocycles. The van der Waals surface area contributed by atoms with E-state index in [1.807, 2.05) is 12.1 Å². The normalized spacial score (nSPS) is 17.6. The molecule has 3 heterocycles. The number of nitrogens with two attached hydrogens (primary N) is 1. The molecule has 310 valence electrons. The van der Waals surface area contributed by atoms with E-state index in [0.717, 1.165) is 80.4 Å². The van der Waals surface area contributed by atoms with Crippen LogP contribution in [0.5, 0.6) is 11.5 Å². The number of hydrogen-bond acceptors (Lipinski definition) is 11. The van der Waals surface area contributed by atoms with Gasteiger partial charge in [-0.05, 0) is 121 Å². The first-order valence-corrected chi connectivity index (χ1v) is 21.7. The molecule has 3 aromatic carbocycles. The molecule has 1 aliphatic carbocycles. The third-order valence-electron chi connectivity index (χ3n) is 11.3. The van der Waals surface area contributed by atoms with Crippen LogP contribution in [0.2, 0.25) is 5.02 Å². The van der Waals surface area contributed by atoms with E-state index in [4.69, 9.17) is 26.8 Å². The molecule has 3 aliphatic rings. The number of benzene rings is 3. The van der Waals surface area contributed by atoms with E-state index in [9.17, 15) is 23.3 Å². The van der Waals surface area contributed by atoms with E-state index < -0.39 is 31.4 Å². The summed E-state index contributed by atoms with van der Waals surface area (Å²) >= 11 is 6.22. The highest BCUT2D eigenvalue weighted by molar-refractivity contribution is 7.90. The Morgan fingerprint density at radius 3 is 2.51 bits per heavy atom. The monoisotopic (exact) mass is 840 g/mol. The van der Waals surface area contributed by atoms with Gasteiger partial charge in [0, 0.05) is 50.5 Å². The van der Waals surface area contributed by atoms with E-state index >= 15 is 0 Å². The van der Waals surface area contributed by atoms with Crippen molar-refractivity contribution in [2.75, 3.05) is 50.4 Å². The van der Waals surface area contributed by atoms with Crippen LogP contribution in [0.25, 0.3) is 11.1 Å². The second-order valence-electron chi connectivity index (χ2n) is 16.2. The highest BCUT2D eigenvalue weighted by Crippen LogP contribution is 2.44. The number of nitro groups is 1. The van der Waals surface area contributed by atoms with Gasteiger partial charge in [0.1, 0.15) is 23.0 Å². The maximum Gasteiger partial charge on any atom is 0.293 e. The fraction of sp³-hybridized carbons (Fsp3) is 0.364. The van der Waals surface area contributed by atoms with Crippen molar-refractivity contribution in [2.24, 2.45) is 11.3 Å². The molecule has 7 rings (SSSR count). The van der Waals surface area contributed by atoms with Crippen LogP contribution in [-0.4, -0.2) is 68.5 Å². The van der Waals surface area contributed by atoms with Crippen molar-refractivity contribution in [1.82, 2.24) is 14.6 Å². The van der Waals surface area contributed by atoms with Gasteiger partial charge in [0.15, 0.2) is 0 Å². The zero-order valence-corrected chi connectivity index (χ0v) is 34.8. The average molecular weight is 841 g/mol. The van der Waals surface area contributed by atoms with Crippen molar-refractivity contribution in [3.8, 4) is 11.5 Å². The number of nitrogens with zero attached hydrogens (tertiary/aromatic N) is 3. The lowest BCUT2D eigenvalue weighted by Gasteiger charge is -2.36. The van der Waals surface area contributed by atoms with Crippen molar-refractivity contribution in [3.63, 3.8) is 0 Å². The van der Waals surface area contributed by atoms with Gasteiger partial charge in [-0.1, -0.05) is 55.3 Å². The van der Waals surface area contributed by atoms with Crippen LogP contribution in [0, 0.1) is 21.4 Å². The van der Waals surface area contributed by atoms with Gasteiger partial charge in [0.25, 0.3) is 21.6 Å². The summed E-state index contributed by atoms with van der Waals surface area (Å²) in [5.41, 5.74) is 11.7. The number of carbonyl (C=O) groups excluding carboxylic acids is 1. The standard InChI is InChI=1S/C44H49ClN6O7S/c1-44(2)18-13-33(38(25-44)31-3-6-34(45)7-4-31)28-50-19-14-30(15-20-50)32-5-10-37(41(23-32)58-35-8-12-42(46)48-27-35)43(52)49-59(55,56)36-9-11-39(40(24-36)51(53)54)47-26-29-16-21-57-22-17-29/h3-12,14,23-24,27,29,47H,13,15-22,25-26,28H2,1-2H3,(H2,46,48)(H,49,52). The van der Waals surface area contributed by atoms with Gasteiger partial charge in [0.2, 0.25) is 0 Å². The number of ether oxygens (including phenoxy) is 2. The summed E-state index contributed by atoms with van der Waals surface area (Å²) in [6.45, 7) is 8.79. The number of anilines is 2. The number of carbonyl (C=O) groups is 1. The molecule has 2 aliphatic heterocycles. The van der Waals surface area contributed by atoms with Crippen molar-refractivity contribution >= 4 is 55.9 Å². The molecule has 0 saturated carbocycles. The van der Waals surface area contributed by atoms with E-state index in [1.165, 1.54) is 41.1 Å². The highest BCUT2D eigenvalue weighted by Gasteiger charge is 2.30. The van der Waals surface area contributed by atoms with Crippen LogP contribution in [0.1, 0.15) is 73.9 Å². The lowest BCUT2D eigenvalue weighted by atomic mass is 9.72. The Kier molecular flexibility index (Phi) is 12.7. The van der Waals surface area contributed by atoms with E-state index in [-0.39, 0.29) is 39.9 Å². The number of allylic oxidation sites excluding steroid dienone is 1. The third-order valence-corrected chi connectivity index (χ3v) is 12.9. The SMILES string of the molecule is CC1(C)CCC(CN2CC=C(c3ccc(C(=O)NS(=O)(=O)c4ccc(NCC5CCOCC5)c([N+](=O)[O-])c4)c(Oc4ccc(N)nc4)c3)CC2)=C(c2ccc(Cl)cc2)C1. The summed E-state index contributed by atoms with van der Waals surface area (Å²) in [4.78, 5) is 31.2. The zero-order valence-electron chi connectivity index (χ0n) is 33.2. The molecule has 0 bridgehead atoms. The molecule has 0 radical (unpaired) electrons. The van der Waals surface area contributed by atoms with Gasteiger partial charge >= 0.3 is 0 Å². The first-order valence-electron chi connectivity index (χ1n) is 19.8. The van der Waals surface area contributed by atoms with Gasteiger partial charge in [-0.15, -0.1) is 0 Å². The number of halogens is 1. The van der Waals surface area contributed by atoms with Crippen LogP contribution >= 0.6 is 11.6 Å². The van der Waals surface area contributed by atoms with Gasteiger partial charge < -0.3 is 20.5 Å². The quantitative estimate of drug-likeness (QED) is 0.0866.